The summed E-state index contributed by atoms with van der Waals surface area (Å²) in [6.45, 7) is 0.871. The molecule has 2 amide bonds. The zero-order chi connectivity index (χ0) is 14.7. The van der Waals surface area contributed by atoms with Gasteiger partial charge < -0.3 is 15.0 Å². The molecule has 5 nitrogen and oxygen atoms in total. The summed E-state index contributed by atoms with van der Waals surface area (Å²) in [5.41, 5.74) is 0.896. The summed E-state index contributed by atoms with van der Waals surface area (Å²) in [6, 6.07) is 5.64. The van der Waals surface area contributed by atoms with E-state index in [4.69, 9.17) is 4.74 Å². The second kappa shape index (κ2) is 6.26. The van der Waals surface area contributed by atoms with Crippen molar-refractivity contribution < 1.29 is 14.3 Å². The summed E-state index contributed by atoms with van der Waals surface area (Å²) in [7, 11) is 3.31. The predicted octanol–water partition coefficient (Wildman–Crippen LogP) is 1.55. The third kappa shape index (κ3) is 3.30. The van der Waals surface area contributed by atoms with Gasteiger partial charge in [0.1, 0.15) is 5.75 Å². The van der Waals surface area contributed by atoms with Crippen LogP contribution >= 0.6 is 15.9 Å². The van der Waals surface area contributed by atoms with Gasteiger partial charge in [0.05, 0.1) is 13.0 Å². The molecule has 1 aliphatic rings. The number of nitrogens with zero attached hydrogens (tertiary/aromatic N) is 1. The first-order valence-electron chi connectivity index (χ1n) is 6.35. The van der Waals surface area contributed by atoms with E-state index in [9.17, 15) is 9.59 Å². The third-order valence-electron chi connectivity index (χ3n) is 3.41. The molecule has 1 atom stereocenters. The number of halogens is 1. The molecule has 0 saturated carbocycles. The zero-order valence-corrected chi connectivity index (χ0v) is 13.1. The van der Waals surface area contributed by atoms with Crippen molar-refractivity contribution in [3.8, 4) is 5.75 Å². The van der Waals surface area contributed by atoms with E-state index in [0.29, 0.717) is 13.1 Å². The maximum Gasteiger partial charge on any atom is 0.225 e. The molecule has 0 aliphatic carbocycles. The van der Waals surface area contributed by atoms with Gasteiger partial charge in [-0.25, -0.2) is 0 Å². The molecule has 1 fully saturated rings. The van der Waals surface area contributed by atoms with Gasteiger partial charge in [-0.15, -0.1) is 0 Å². The van der Waals surface area contributed by atoms with Crippen LogP contribution in [0.2, 0.25) is 0 Å². The molecule has 0 bridgehead atoms. The van der Waals surface area contributed by atoms with E-state index in [1.165, 1.54) is 0 Å². The van der Waals surface area contributed by atoms with Crippen molar-refractivity contribution in [2.45, 2.75) is 13.0 Å². The Morgan fingerprint density at radius 1 is 1.55 bits per heavy atom. The van der Waals surface area contributed by atoms with Crippen molar-refractivity contribution in [1.29, 1.82) is 0 Å². The van der Waals surface area contributed by atoms with Gasteiger partial charge in [-0.1, -0.05) is 15.9 Å². The molecular formula is C14H17BrN2O3. The average molecular weight is 341 g/mol. The molecule has 1 saturated heterocycles. The molecule has 2 rings (SSSR count). The number of methoxy groups -OCH3 is 1. The molecule has 20 heavy (non-hydrogen) atoms. The minimum atomic E-state index is -0.259. The SMILES string of the molecule is COc1ccc(Br)cc1CNC(=O)C1CC(=O)N(C)C1. The number of hydrogen-bond acceptors (Lipinski definition) is 3. The molecule has 0 spiro atoms. The second-order valence-corrected chi connectivity index (χ2v) is 5.76. The van der Waals surface area contributed by atoms with Crippen LogP contribution in [0, 0.1) is 5.92 Å². The predicted molar refractivity (Wildman–Crippen MR) is 78.3 cm³/mol. The highest BCUT2D eigenvalue weighted by molar-refractivity contribution is 9.10. The monoisotopic (exact) mass is 340 g/mol. The highest BCUT2D eigenvalue weighted by atomic mass is 79.9. The Bertz CT molecular complexity index is 533. The molecule has 1 N–H and O–H groups in total. The number of likely N-dealkylation sites (tertiary alicyclic amines) is 1. The van der Waals surface area contributed by atoms with Gasteiger partial charge in [-0.3, -0.25) is 9.59 Å². The largest absolute Gasteiger partial charge is 0.496 e. The molecule has 1 aromatic rings. The summed E-state index contributed by atoms with van der Waals surface area (Å²) in [5, 5.41) is 2.87. The lowest BCUT2D eigenvalue weighted by molar-refractivity contribution is -0.128. The Balaban J connectivity index is 1.97. The van der Waals surface area contributed by atoms with Crippen molar-refractivity contribution in [2.24, 2.45) is 5.92 Å². The Hall–Kier alpha value is -1.56. The fourth-order valence-electron chi connectivity index (χ4n) is 2.25. The highest BCUT2D eigenvalue weighted by Gasteiger charge is 2.31. The fraction of sp³-hybridized carbons (Fsp3) is 0.429. The van der Waals surface area contributed by atoms with E-state index in [1.54, 1.807) is 19.1 Å². The summed E-state index contributed by atoms with van der Waals surface area (Å²) < 4.78 is 6.19. The minimum Gasteiger partial charge on any atom is -0.496 e. The van der Waals surface area contributed by atoms with E-state index in [-0.39, 0.29) is 24.2 Å². The van der Waals surface area contributed by atoms with Crippen LogP contribution in [0.4, 0.5) is 0 Å². The summed E-state index contributed by atoms with van der Waals surface area (Å²) in [5.74, 6) is 0.397. The van der Waals surface area contributed by atoms with Crippen LogP contribution in [0.3, 0.4) is 0 Å². The van der Waals surface area contributed by atoms with Crippen LogP contribution in [-0.4, -0.2) is 37.4 Å². The van der Waals surface area contributed by atoms with Gasteiger partial charge >= 0.3 is 0 Å². The van der Waals surface area contributed by atoms with Crippen molar-refractivity contribution in [2.75, 3.05) is 20.7 Å². The van der Waals surface area contributed by atoms with Crippen molar-refractivity contribution in [1.82, 2.24) is 10.2 Å². The standard InChI is InChI=1S/C14H17BrN2O3/c1-17-8-10(6-13(17)18)14(19)16-7-9-5-11(15)3-4-12(9)20-2/h3-5,10H,6-8H2,1-2H3,(H,16,19). The normalized spacial score (nSPS) is 18.2. The summed E-state index contributed by atoms with van der Waals surface area (Å²) in [6.07, 6.45) is 0.290. The average Bonchev–Trinajstić information content (AvgIpc) is 2.76. The number of nitrogens with one attached hydrogen (secondary N) is 1. The molecule has 1 aromatic carbocycles. The number of amides is 2. The van der Waals surface area contributed by atoms with E-state index >= 15 is 0 Å². The quantitative estimate of drug-likeness (QED) is 0.904. The molecule has 0 aromatic heterocycles. The molecule has 108 valence electrons. The number of carbonyl (C=O) groups excluding carboxylic acids is 2. The van der Waals surface area contributed by atoms with E-state index in [1.807, 2.05) is 18.2 Å². The first kappa shape index (κ1) is 14.8. The Morgan fingerprint density at radius 3 is 2.90 bits per heavy atom. The first-order chi connectivity index (χ1) is 9.51. The number of rotatable bonds is 4. The van der Waals surface area contributed by atoms with Crippen molar-refractivity contribution >= 4 is 27.7 Å². The van der Waals surface area contributed by atoms with Crippen molar-refractivity contribution in [3.05, 3.63) is 28.2 Å². The lowest BCUT2D eigenvalue weighted by atomic mass is 10.1. The van der Waals surface area contributed by atoms with Crippen LogP contribution in [0.5, 0.6) is 5.75 Å². The van der Waals surface area contributed by atoms with E-state index in [0.717, 1.165) is 15.8 Å². The fourth-order valence-corrected chi connectivity index (χ4v) is 2.66. The molecular weight excluding hydrogens is 324 g/mol. The smallest absolute Gasteiger partial charge is 0.225 e. The summed E-state index contributed by atoms with van der Waals surface area (Å²) >= 11 is 3.39. The maximum atomic E-state index is 12.1. The van der Waals surface area contributed by atoms with E-state index in [2.05, 4.69) is 21.2 Å². The zero-order valence-electron chi connectivity index (χ0n) is 11.5. The number of carbonyl (C=O) groups is 2. The van der Waals surface area contributed by atoms with Crippen LogP contribution in [-0.2, 0) is 16.1 Å². The molecule has 0 radical (unpaired) electrons. The molecule has 1 unspecified atom stereocenters. The van der Waals surface area contributed by atoms with Gasteiger partial charge in [0, 0.05) is 36.6 Å². The van der Waals surface area contributed by atoms with Crippen molar-refractivity contribution in [3.63, 3.8) is 0 Å². The lowest BCUT2D eigenvalue weighted by Gasteiger charge is -2.13. The first-order valence-corrected chi connectivity index (χ1v) is 7.14. The number of ether oxygens (including phenoxy) is 1. The van der Waals surface area contributed by atoms with Gasteiger partial charge in [0.2, 0.25) is 11.8 Å². The van der Waals surface area contributed by atoms with Crippen LogP contribution in [0.15, 0.2) is 22.7 Å². The Labute approximate surface area is 126 Å². The van der Waals surface area contributed by atoms with Crippen LogP contribution in [0.25, 0.3) is 0 Å². The third-order valence-corrected chi connectivity index (χ3v) is 3.90. The van der Waals surface area contributed by atoms with Crippen LogP contribution < -0.4 is 10.1 Å². The summed E-state index contributed by atoms with van der Waals surface area (Å²) in [4.78, 5) is 25.1. The molecule has 1 heterocycles. The van der Waals surface area contributed by atoms with E-state index < -0.39 is 0 Å². The van der Waals surface area contributed by atoms with Gasteiger partial charge in [0.25, 0.3) is 0 Å². The van der Waals surface area contributed by atoms with Crippen LogP contribution in [0.1, 0.15) is 12.0 Å². The molecule has 6 heteroatoms. The highest BCUT2D eigenvalue weighted by Crippen LogP contribution is 2.23. The van der Waals surface area contributed by atoms with Gasteiger partial charge in [-0.05, 0) is 18.2 Å². The Kier molecular flexibility index (Phi) is 4.65. The van der Waals surface area contributed by atoms with Gasteiger partial charge in [-0.2, -0.15) is 0 Å². The Morgan fingerprint density at radius 2 is 2.30 bits per heavy atom. The molecule has 1 aliphatic heterocycles. The topological polar surface area (TPSA) is 58.6 Å². The second-order valence-electron chi connectivity index (χ2n) is 4.85. The van der Waals surface area contributed by atoms with Gasteiger partial charge in [0.15, 0.2) is 0 Å². The minimum absolute atomic E-state index is 0.0187. The number of hydrogen-bond donors (Lipinski definition) is 1. The maximum absolute atomic E-state index is 12.1. The lowest BCUT2D eigenvalue weighted by Crippen LogP contribution is -2.31. The number of benzene rings is 1.